The highest BCUT2D eigenvalue weighted by atomic mass is 32.2. The van der Waals surface area contributed by atoms with E-state index in [0.717, 1.165) is 17.3 Å². The van der Waals surface area contributed by atoms with Crippen molar-refractivity contribution in [2.75, 3.05) is 18.8 Å². The largest absolute Gasteiger partial charge is 0.461 e. The summed E-state index contributed by atoms with van der Waals surface area (Å²) >= 11 is 1.41. The second-order valence-corrected chi connectivity index (χ2v) is 7.38. The number of likely N-dealkylation sites (N-methyl/N-ethyl adjacent to an activating group) is 1. The molecule has 0 radical (unpaired) electrons. The number of amides is 1. The number of hydrogen-bond donors (Lipinski definition) is 0. The monoisotopic (exact) mass is 362 g/mol. The summed E-state index contributed by atoms with van der Waals surface area (Å²) in [7, 11) is 0. The lowest BCUT2D eigenvalue weighted by Gasteiger charge is -2.20. The molecule has 0 N–H and O–H groups in total. The number of hydrogen-bond acceptors (Lipinski definition) is 5. The van der Waals surface area contributed by atoms with Crippen LogP contribution in [0.15, 0.2) is 40.1 Å². The minimum absolute atomic E-state index is 0.0779. The molecule has 6 nitrogen and oxygen atoms in total. The maximum absolute atomic E-state index is 12.4. The van der Waals surface area contributed by atoms with Gasteiger partial charge in [0.15, 0.2) is 16.7 Å². The molecule has 2 heterocycles. The zero-order valence-corrected chi connectivity index (χ0v) is 16.2. The number of carbonyl (C=O) groups excluding carboxylic acids is 1. The van der Waals surface area contributed by atoms with Crippen molar-refractivity contribution in [2.24, 2.45) is 5.92 Å². The highest BCUT2D eigenvalue weighted by Gasteiger charge is 2.19. The summed E-state index contributed by atoms with van der Waals surface area (Å²) in [5.74, 6) is 2.21. The van der Waals surface area contributed by atoms with Crippen molar-refractivity contribution >= 4 is 17.7 Å². The van der Waals surface area contributed by atoms with Gasteiger partial charge < -0.3 is 9.32 Å². The van der Waals surface area contributed by atoms with Crippen molar-refractivity contribution in [3.63, 3.8) is 0 Å². The van der Waals surface area contributed by atoms with E-state index in [-0.39, 0.29) is 5.91 Å². The molecule has 2 rings (SSSR count). The average molecular weight is 362 g/mol. The molecule has 0 aliphatic carbocycles. The van der Waals surface area contributed by atoms with Crippen LogP contribution in [0.1, 0.15) is 27.7 Å². The topological polar surface area (TPSA) is 64.2 Å². The molecule has 0 atom stereocenters. The normalized spacial score (nSPS) is 11.1. The van der Waals surface area contributed by atoms with E-state index in [4.69, 9.17) is 4.42 Å². The molecule has 136 valence electrons. The van der Waals surface area contributed by atoms with Crippen LogP contribution in [0, 0.1) is 5.92 Å². The fourth-order valence-electron chi connectivity index (χ4n) is 2.43. The highest BCUT2D eigenvalue weighted by Crippen LogP contribution is 2.25. The summed E-state index contributed by atoms with van der Waals surface area (Å²) in [4.78, 5) is 14.2. The molecule has 25 heavy (non-hydrogen) atoms. The summed E-state index contributed by atoms with van der Waals surface area (Å²) in [6, 6.07) is 3.70. The standard InChI is InChI=1S/C18H26N4O2S/c1-6-21(10-13(2)3)16(23)12-25-18-20-19-17(15-8-7-9-24-15)22(18)11-14(4)5/h7-9,14H,2,6,10-12H2,1,3-5H3. The summed E-state index contributed by atoms with van der Waals surface area (Å²) in [5, 5.41) is 9.27. The molecule has 0 saturated heterocycles. The first-order chi connectivity index (χ1) is 11.9. The van der Waals surface area contributed by atoms with Crippen LogP contribution in [0.3, 0.4) is 0 Å². The van der Waals surface area contributed by atoms with Gasteiger partial charge in [0.1, 0.15) is 0 Å². The minimum atomic E-state index is 0.0779. The Morgan fingerprint density at radius 2 is 2.20 bits per heavy atom. The number of nitrogens with zero attached hydrogens (tertiary/aromatic N) is 4. The van der Waals surface area contributed by atoms with Crippen LogP contribution in [0.4, 0.5) is 0 Å². The predicted octanol–water partition coefficient (Wildman–Crippen LogP) is 3.71. The Balaban J connectivity index is 2.13. The zero-order valence-electron chi connectivity index (χ0n) is 15.4. The van der Waals surface area contributed by atoms with Crippen LogP contribution in [-0.2, 0) is 11.3 Å². The van der Waals surface area contributed by atoms with Gasteiger partial charge in [-0.1, -0.05) is 37.8 Å². The fourth-order valence-corrected chi connectivity index (χ4v) is 3.28. The van der Waals surface area contributed by atoms with Crippen molar-refractivity contribution in [3.05, 3.63) is 30.5 Å². The smallest absolute Gasteiger partial charge is 0.233 e. The van der Waals surface area contributed by atoms with E-state index in [2.05, 4.69) is 30.6 Å². The van der Waals surface area contributed by atoms with Gasteiger partial charge in [-0.15, -0.1) is 10.2 Å². The molecule has 7 heteroatoms. The van der Waals surface area contributed by atoms with Gasteiger partial charge in [-0.05, 0) is 31.9 Å². The van der Waals surface area contributed by atoms with Crippen LogP contribution < -0.4 is 0 Å². The first-order valence-corrected chi connectivity index (χ1v) is 9.43. The molecule has 0 aromatic carbocycles. The van der Waals surface area contributed by atoms with E-state index in [9.17, 15) is 4.79 Å². The SMILES string of the molecule is C=C(C)CN(CC)C(=O)CSc1nnc(-c2ccco2)n1CC(C)C. The second kappa shape index (κ2) is 8.89. The highest BCUT2D eigenvalue weighted by molar-refractivity contribution is 7.99. The van der Waals surface area contributed by atoms with Crippen molar-refractivity contribution in [1.82, 2.24) is 19.7 Å². The maximum Gasteiger partial charge on any atom is 0.233 e. The number of furan rings is 1. The van der Waals surface area contributed by atoms with Gasteiger partial charge in [0.05, 0.1) is 12.0 Å². The van der Waals surface area contributed by atoms with Gasteiger partial charge >= 0.3 is 0 Å². The third kappa shape index (κ3) is 5.22. The van der Waals surface area contributed by atoms with Crippen LogP contribution >= 0.6 is 11.8 Å². The Hall–Kier alpha value is -2.02. The van der Waals surface area contributed by atoms with Gasteiger partial charge in [0, 0.05) is 19.6 Å². The molecular weight excluding hydrogens is 336 g/mol. The van der Waals surface area contributed by atoms with E-state index >= 15 is 0 Å². The van der Waals surface area contributed by atoms with E-state index in [0.29, 0.717) is 36.3 Å². The van der Waals surface area contributed by atoms with Gasteiger partial charge in [0.25, 0.3) is 0 Å². The van der Waals surface area contributed by atoms with Crippen LogP contribution in [-0.4, -0.2) is 44.4 Å². The molecule has 0 saturated carbocycles. The molecular formula is C18H26N4O2S. The zero-order chi connectivity index (χ0) is 18.4. The lowest BCUT2D eigenvalue weighted by Crippen LogP contribution is -2.33. The van der Waals surface area contributed by atoms with Crippen molar-refractivity contribution in [1.29, 1.82) is 0 Å². The third-order valence-corrected chi connectivity index (χ3v) is 4.48. The molecule has 2 aromatic heterocycles. The minimum Gasteiger partial charge on any atom is -0.461 e. The van der Waals surface area contributed by atoms with Gasteiger partial charge in [0.2, 0.25) is 5.91 Å². The number of carbonyl (C=O) groups is 1. The molecule has 0 aliphatic heterocycles. The van der Waals surface area contributed by atoms with Crippen molar-refractivity contribution in [2.45, 2.75) is 39.4 Å². The van der Waals surface area contributed by atoms with Crippen LogP contribution in [0.5, 0.6) is 0 Å². The third-order valence-electron chi connectivity index (χ3n) is 3.53. The maximum atomic E-state index is 12.4. The average Bonchev–Trinajstić information content (AvgIpc) is 3.19. The lowest BCUT2D eigenvalue weighted by molar-refractivity contribution is -0.127. The van der Waals surface area contributed by atoms with Crippen LogP contribution in [0.2, 0.25) is 0 Å². The Morgan fingerprint density at radius 3 is 2.76 bits per heavy atom. The predicted molar refractivity (Wildman–Crippen MR) is 100 cm³/mol. The molecule has 0 unspecified atom stereocenters. The summed E-state index contributed by atoms with van der Waals surface area (Å²) in [6.45, 7) is 14.1. The first kappa shape index (κ1) is 19.3. The molecule has 0 spiro atoms. The molecule has 2 aromatic rings. The lowest BCUT2D eigenvalue weighted by atomic mass is 10.2. The Kier molecular flexibility index (Phi) is 6.87. The summed E-state index contributed by atoms with van der Waals surface area (Å²) in [6.07, 6.45) is 1.62. The Labute approximate surface area is 153 Å². The van der Waals surface area contributed by atoms with E-state index in [1.165, 1.54) is 11.8 Å². The summed E-state index contributed by atoms with van der Waals surface area (Å²) < 4.78 is 7.49. The van der Waals surface area contributed by atoms with Crippen molar-refractivity contribution < 1.29 is 9.21 Å². The van der Waals surface area contributed by atoms with Gasteiger partial charge in [-0.25, -0.2) is 0 Å². The molecule has 0 fully saturated rings. The van der Waals surface area contributed by atoms with E-state index in [1.54, 1.807) is 11.2 Å². The van der Waals surface area contributed by atoms with E-state index < -0.39 is 0 Å². The second-order valence-electron chi connectivity index (χ2n) is 6.44. The Bertz CT molecular complexity index is 707. The van der Waals surface area contributed by atoms with Crippen molar-refractivity contribution in [3.8, 4) is 11.6 Å². The van der Waals surface area contributed by atoms with Gasteiger partial charge in [-0.3, -0.25) is 9.36 Å². The number of aromatic nitrogens is 3. The number of thioether (sulfide) groups is 1. The van der Waals surface area contributed by atoms with E-state index in [1.807, 2.05) is 30.5 Å². The molecule has 0 bridgehead atoms. The number of rotatable bonds is 9. The molecule has 0 aliphatic rings. The fraction of sp³-hybridized carbons (Fsp3) is 0.500. The summed E-state index contributed by atoms with van der Waals surface area (Å²) in [5.41, 5.74) is 0.975. The quantitative estimate of drug-likeness (QED) is 0.502. The first-order valence-electron chi connectivity index (χ1n) is 8.44. The van der Waals surface area contributed by atoms with Crippen LogP contribution in [0.25, 0.3) is 11.6 Å². The molecule has 1 amide bonds. The van der Waals surface area contributed by atoms with Gasteiger partial charge in [-0.2, -0.15) is 0 Å². The Morgan fingerprint density at radius 1 is 1.44 bits per heavy atom.